The van der Waals surface area contributed by atoms with E-state index in [4.69, 9.17) is 4.84 Å². The molecule has 22 heavy (non-hydrogen) atoms. The molecule has 118 valence electrons. The van der Waals surface area contributed by atoms with Gasteiger partial charge in [0.25, 0.3) is 0 Å². The minimum Gasteiger partial charge on any atom is -0.390 e. The Morgan fingerprint density at radius 3 is 2.55 bits per heavy atom. The van der Waals surface area contributed by atoms with E-state index in [0.717, 1.165) is 36.4 Å². The second-order valence-corrected chi connectivity index (χ2v) is 8.97. The molecule has 1 atom stereocenters. The van der Waals surface area contributed by atoms with Crippen LogP contribution in [0.25, 0.3) is 0 Å². The molecular weight excluding hydrogens is 292 g/mol. The molecule has 0 spiro atoms. The van der Waals surface area contributed by atoms with Crippen LogP contribution in [-0.2, 0) is 4.84 Å². The first-order valence-electron chi connectivity index (χ1n) is 8.80. The number of oxime groups is 1. The lowest BCUT2D eigenvalue weighted by molar-refractivity contribution is -0.0276. The number of rotatable bonds is 4. The van der Waals surface area contributed by atoms with Gasteiger partial charge in [0.05, 0.1) is 4.88 Å². The summed E-state index contributed by atoms with van der Waals surface area (Å²) in [6, 6.07) is 4.23. The van der Waals surface area contributed by atoms with Crippen LogP contribution in [-0.4, -0.2) is 23.9 Å². The van der Waals surface area contributed by atoms with Gasteiger partial charge in [0.15, 0.2) is 0 Å². The maximum absolute atomic E-state index is 5.68. The van der Waals surface area contributed by atoms with E-state index in [0.29, 0.717) is 5.54 Å². The van der Waals surface area contributed by atoms with Crippen molar-refractivity contribution in [1.82, 2.24) is 5.32 Å². The van der Waals surface area contributed by atoms with Gasteiger partial charge in [0.2, 0.25) is 0 Å². The lowest BCUT2D eigenvalue weighted by atomic mass is 9.53. The normalized spacial score (nSPS) is 42.5. The zero-order valence-corrected chi connectivity index (χ0v) is 13.8. The van der Waals surface area contributed by atoms with Gasteiger partial charge in [-0.3, -0.25) is 0 Å². The average Bonchev–Trinajstić information content (AvgIpc) is 3.15. The van der Waals surface area contributed by atoms with Crippen LogP contribution in [0, 0.1) is 17.8 Å². The molecule has 3 nitrogen and oxygen atoms in total. The molecule has 1 aromatic rings. The maximum atomic E-state index is 5.68. The Morgan fingerprint density at radius 1 is 1.18 bits per heavy atom. The van der Waals surface area contributed by atoms with Gasteiger partial charge in [-0.15, -0.1) is 11.3 Å². The molecular formula is C18H24N2OS. The molecule has 4 heteroatoms. The zero-order valence-electron chi connectivity index (χ0n) is 13.0. The predicted molar refractivity (Wildman–Crippen MR) is 89.3 cm³/mol. The van der Waals surface area contributed by atoms with Crippen molar-refractivity contribution in [2.24, 2.45) is 22.9 Å². The highest BCUT2D eigenvalue weighted by molar-refractivity contribution is 7.12. The topological polar surface area (TPSA) is 33.6 Å². The van der Waals surface area contributed by atoms with E-state index in [2.05, 4.69) is 28.0 Å². The van der Waals surface area contributed by atoms with Crippen molar-refractivity contribution < 1.29 is 4.84 Å². The molecule has 4 bridgehead atoms. The Kier molecular flexibility index (Phi) is 3.12. The number of hydrogen-bond acceptors (Lipinski definition) is 4. The second kappa shape index (κ2) is 5.07. The fourth-order valence-electron chi connectivity index (χ4n) is 5.78. The quantitative estimate of drug-likeness (QED) is 0.916. The van der Waals surface area contributed by atoms with E-state index < -0.39 is 0 Å². The van der Waals surface area contributed by atoms with Crippen LogP contribution < -0.4 is 5.32 Å². The predicted octanol–water partition coefficient (Wildman–Crippen LogP) is 3.80. The van der Waals surface area contributed by atoms with Crippen molar-refractivity contribution in [2.45, 2.75) is 56.6 Å². The van der Waals surface area contributed by atoms with Gasteiger partial charge in [-0.05, 0) is 67.7 Å². The van der Waals surface area contributed by atoms with Gasteiger partial charge in [0.1, 0.15) is 11.8 Å². The van der Waals surface area contributed by atoms with E-state index in [-0.39, 0.29) is 6.10 Å². The van der Waals surface area contributed by atoms with Crippen molar-refractivity contribution in [3.63, 3.8) is 0 Å². The summed E-state index contributed by atoms with van der Waals surface area (Å²) in [5.74, 6) is 3.00. The monoisotopic (exact) mass is 316 g/mol. The molecule has 2 heterocycles. The Morgan fingerprint density at radius 2 is 1.91 bits per heavy atom. The first-order valence-corrected chi connectivity index (χ1v) is 9.68. The molecule has 0 aromatic carbocycles. The third kappa shape index (κ3) is 2.31. The molecule has 4 aliphatic carbocycles. The van der Waals surface area contributed by atoms with E-state index in [1.165, 1.54) is 43.4 Å². The zero-order chi connectivity index (χ0) is 14.6. The van der Waals surface area contributed by atoms with Gasteiger partial charge in [0, 0.05) is 18.5 Å². The van der Waals surface area contributed by atoms with Gasteiger partial charge in [-0.1, -0.05) is 11.2 Å². The van der Waals surface area contributed by atoms with Crippen molar-refractivity contribution >= 4 is 17.0 Å². The highest BCUT2D eigenvalue weighted by Crippen LogP contribution is 2.55. The van der Waals surface area contributed by atoms with Gasteiger partial charge >= 0.3 is 0 Å². The van der Waals surface area contributed by atoms with Crippen molar-refractivity contribution in [3.8, 4) is 0 Å². The number of nitrogens with one attached hydrogen (secondary N) is 1. The Hall–Kier alpha value is -0.870. The van der Waals surface area contributed by atoms with Crippen LogP contribution in [0.2, 0.25) is 0 Å². The average molecular weight is 316 g/mol. The molecule has 0 unspecified atom stereocenters. The SMILES string of the molecule is c1csc(C2=NO[C@H](CNC34CC5CC(CC(C5)C3)C4)C2)c1. The maximum Gasteiger partial charge on any atom is 0.145 e. The lowest BCUT2D eigenvalue weighted by Crippen LogP contribution is -2.59. The largest absolute Gasteiger partial charge is 0.390 e. The highest BCUT2D eigenvalue weighted by Gasteiger charge is 2.50. The van der Waals surface area contributed by atoms with Crippen LogP contribution in [0.3, 0.4) is 0 Å². The summed E-state index contributed by atoms with van der Waals surface area (Å²) in [4.78, 5) is 6.95. The fourth-order valence-corrected chi connectivity index (χ4v) is 6.50. The molecule has 0 amide bonds. The molecule has 4 fully saturated rings. The summed E-state index contributed by atoms with van der Waals surface area (Å²) in [5, 5.41) is 10.4. The third-order valence-corrected chi connectivity index (χ3v) is 7.20. The van der Waals surface area contributed by atoms with Crippen molar-refractivity contribution in [2.75, 3.05) is 6.54 Å². The van der Waals surface area contributed by atoms with E-state index in [9.17, 15) is 0 Å². The van der Waals surface area contributed by atoms with Crippen LogP contribution >= 0.6 is 11.3 Å². The van der Waals surface area contributed by atoms with Crippen LogP contribution in [0.15, 0.2) is 22.7 Å². The molecule has 0 radical (unpaired) electrons. The van der Waals surface area contributed by atoms with Crippen molar-refractivity contribution in [1.29, 1.82) is 0 Å². The number of nitrogens with zero attached hydrogens (tertiary/aromatic N) is 1. The summed E-state index contributed by atoms with van der Waals surface area (Å²) in [5.41, 5.74) is 1.57. The molecule has 1 aromatic heterocycles. The van der Waals surface area contributed by atoms with E-state index >= 15 is 0 Å². The standard InChI is InChI=1S/C18H24N2OS/c1-2-17(22-3-1)16-7-15(21-20-16)11-19-18-8-12-4-13(9-18)6-14(5-12)10-18/h1-3,12-15,19H,4-11H2/t12?,13?,14?,15-,18?/m0/s1. The first-order chi connectivity index (χ1) is 10.8. The lowest BCUT2D eigenvalue weighted by Gasteiger charge is -2.57. The number of hydrogen-bond donors (Lipinski definition) is 1. The van der Waals surface area contributed by atoms with E-state index in [1.54, 1.807) is 11.3 Å². The van der Waals surface area contributed by atoms with Gasteiger partial charge < -0.3 is 10.2 Å². The minimum atomic E-state index is 0.227. The second-order valence-electron chi connectivity index (χ2n) is 8.03. The summed E-state index contributed by atoms with van der Waals surface area (Å²) >= 11 is 1.76. The smallest absolute Gasteiger partial charge is 0.145 e. The van der Waals surface area contributed by atoms with Crippen molar-refractivity contribution in [3.05, 3.63) is 22.4 Å². The molecule has 6 rings (SSSR count). The van der Waals surface area contributed by atoms with Crippen LogP contribution in [0.5, 0.6) is 0 Å². The molecule has 4 saturated carbocycles. The number of thiophene rings is 1. The summed E-state index contributed by atoms with van der Waals surface area (Å²) in [6.07, 6.45) is 9.93. The molecule has 1 aliphatic heterocycles. The van der Waals surface area contributed by atoms with Crippen LogP contribution in [0.1, 0.15) is 49.8 Å². The summed E-state index contributed by atoms with van der Waals surface area (Å²) < 4.78 is 0. The Balaban J connectivity index is 1.20. The summed E-state index contributed by atoms with van der Waals surface area (Å²) in [6.45, 7) is 0.963. The van der Waals surface area contributed by atoms with E-state index in [1.807, 2.05) is 0 Å². The minimum absolute atomic E-state index is 0.227. The fraction of sp³-hybridized carbons (Fsp3) is 0.722. The van der Waals surface area contributed by atoms with Crippen LogP contribution in [0.4, 0.5) is 0 Å². The molecule has 1 N–H and O–H groups in total. The first kappa shape index (κ1) is 13.6. The van der Waals surface area contributed by atoms with Gasteiger partial charge in [-0.25, -0.2) is 0 Å². The van der Waals surface area contributed by atoms with Gasteiger partial charge in [-0.2, -0.15) is 0 Å². The molecule has 5 aliphatic rings. The molecule has 0 saturated heterocycles. The highest BCUT2D eigenvalue weighted by atomic mass is 32.1. The Bertz CT molecular complexity index is 545. The Labute approximate surface area is 136 Å². The summed E-state index contributed by atoms with van der Waals surface area (Å²) in [7, 11) is 0. The third-order valence-electron chi connectivity index (χ3n) is 6.28.